The van der Waals surface area contributed by atoms with Crippen LogP contribution >= 0.6 is 11.6 Å². The molecular weight excluding hydrogens is 530 g/mol. The second-order valence-electron chi connectivity index (χ2n) is 10.3. The van der Waals surface area contributed by atoms with Gasteiger partial charge in [0.15, 0.2) is 0 Å². The van der Waals surface area contributed by atoms with E-state index < -0.39 is 23.8 Å². The average molecular weight is 558 g/mol. The van der Waals surface area contributed by atoms with Crippen molar-refractivity contribution in [2.24, 2.45) is 0 Å². The van der Waals surface area contributed by atoms with E-state index in [-0.39, 0.29) is 24.1 Å². The fourth-order valence-corrected chi connectivity index (χ4v) is 5.67. The Balaban J connectivity index is 1.08. The van der Waals surface area contributed by atoms with Crippen LogP contribution in [0.15, 0.2) is 66.7 Å². The van der Waals surface area contributed by atoms with Crippen LogP contribution in [0.1, 0.15) is 45.5 Å². The van der Waals surface area contributed by atoms with Gasteiger partial charge in [0.25, 0.3) is 11.8 Å². The van der Waals surface area contributed by atoms with Gasteiger partial charge in [-0.25, -0.2) is 9.80 Å². The highest BCUT2D eigenvalue weighted by Crippen LogP contribution is 2.31. The van der Waals surface area contributed by atoms with Gasteiger partial charge < -0.3 is 5.32 Å². The van der Waals surface area contributed by atoms with E-state index in [1.165, 1.54) is 0 Å². The lowest BCUT2D eigenvalue weighted by atomic mass is 10.00. The van der Waals surface area contributed by atoms with Crippen molar-refractivity contribution in [1.82, 2.24) is 20.2 Å². The van der Waals surface area contributed by atoms with Crippen molar-refractivity contribution in [3.8, 4) is 11.1 Å². The van der Waals surface area contributed by atoms with Crippen molar-refractivity contribution in [2.75, 3.05) is 25.0 Å². The number of hydrogen-bond donors (Lipinski definition) is 2. The van der Waals surface area contributed by atoms with Gasteiger partial charge in [-0.2, -0.15) is 5.01 Å². The number of anilines is 1. The minimum Gasteiger partial charge on any atom is -0.382 e. The van der Waals surface area contributed by atoms with Gasteiger partial charge in [0.05, 0.1) is 17.7 Å². The second kappa shape index (κ2) is 10.7. The molecule has 0 unspecified atom stereocenters. The number of nitrogens with zero attached hydrogens (tertiary/aromatic N) is 3. The van der Waals surface area contributed by atoms with Gasteiger partial charge in [-0.05, 0) is 54.3 Å². The van der Waals surface area contributed by atoms with Crippen LogP contribution in [0.2, 0.25) is 5.02 Å². The molecule has 3 aliphatic heterocycles. The lowest BCUT2D eigenvalue weighted by Crippen LogP contribution is -2.58. The van der Waals surface area contributed by atoms with Gasteiger partial charge in [-0.3, -0.25) is 24.6 Å². The number of fused-ring (bicyclic) bond motifs is 1. The quantitative estimate of drug-likeness (QED) is 0.432. The number of carbonyl (C=O) groups is 4. The topological polar surface area (TPSA) is 102 Å². The first-order valence-electron chi connectivity index (χ1n) is 13.3. The summed E-state index contributed by atoms with van der Waals surface area (Å²) in [5.41, 5.74) is 4.83. The number of rotatable bonds is 6. The Bertz CT molecular complexity index is 1500. The van der Waals surface area contributed by atoms with Crippen LogP contribution in [0.5, 0.6) is 0 Å². The molecule has 0 bridgehead atoms. The zero-order chi connectivity index (χ0) is 27.8. The van der Waals surface area contributed by atoms with E-state index in [4.69, 9.17) is 11.6 Å². The van der Waals surface area contributed by atoms with Crippen LogP contribution < -0.4 is 10.6 Å². The minimum absolute atomic E-state index is 0.0177. The zero-order valence-corrected chi connectivity index (χ0v) is 22.5. The largest absolute Gasteiger partial charge is 0.382 e. The Hall–Kier alpha value is -4.21. The van der Waals surface area contributed by atoms with Crippen LogP contribution in [0.25, 0.3) is 11.1 Å². The van der Waals surface area contributed by atoms with Crippen LogP contribution in [-0.2, 0) is 11.3 Å². The van der Waals surface area contributed by atoms with Crippen molar-refractivity contribution >= 4 is 41.0 Å². The smallest absolute Gasteiger partial charge is 0.343 e. The number of para-hydroxylation sites is 1. The molecular formula is C30H28ClN5O4. The number of nitrogens with one attached hydrogen (secondary N) is 2. The van der Waals surface area contributed by atoms with Crippen LogP contribution in [0.3, 0.4) is 0 Å². The summed E-state index contributed by atoms with van der Waals surface area (Å²) < 4.78 is 0. The molecule has 2 saturated heterocycles. The standard InChI is InChI=1S/C30H28ClN5O4/c31-21-8-6-20(7-9-21)23-3-1-2-4-26(23)32-22-11-14-34(15-12-22)18-19-5-10-24-25(17-19)29(39)36(28(24)38)35-16-13-27(37)33-30(35)40/h1-10,17,22,32H,11-16,18H2,(H,33,37,40). The van der Waals surface area contributed by atoms with Gasteiger partial charge in [0.2, 0.25) is 5.91 Å². The van der Waals surface area contributed by atoms with E-state index in [0.717, 1.165) is 58.3 Å². The Kier molecular flexibility index (Phi) is 7.00. The first-order valence-corrected chi connectivity index (χ1v) is 13.7. The molecule has 0 aliphatic carbocycles. The lowest BCUT2D eigenvalue weighted by molar-refractivity contribution is -0.122. The molecule has 0 aromatic heterocycles. The van der Waals surface area contributed by atoms with Gasteiger partial charge in [-0.1, -0.05) is 48.0 Å². The maximum atomic E-state index is 13.1. The number of hydrogen-bond acceptors (Lipinski definition) is 6. The van der Waals surface area contributed by atoms with Crippen molar-refractivity contribution in [3.63, 3.8) is 0 Å². The van der Waals surface area contributed by atoms with Gasteiger partial charge in [0.1, 0.15) is 0 Å². The summed E-state index contributed by atoms with van der Waals surface area (Å²) in [7, 11) is 0. The van der Waals surface area contributed by atoms with Crippen LogP contribution in [0.4, 0.5) is 10.5 Å². The molecule has 9 nitrogen and oxygen atoms in total. The number of urea groups is 1. The van der Waals surface area contributed by atoms with Gasteiger partial charge in [-0.15, -0.1) is 0 Å². The fraction of sp³-hybridized carbons (Fsp3) is 0.267. The summed E-state index contributed by atoms with van der Waals surface area (Å²) in [4.78, 5) is 52.1. The van der Waals surface area contributed by atoms with Crippen LogP contribution in [-0.4, -0.2) is 64.3 Å². The number of amides is 5. The highest BCUT2D eigenvalue weighted by molar-refractivity contribution is 6.30. The number of halogens is 1. The molecule has 2 fully saturated rings. The summed E-state index contributed by atoms with van der Waals surface area (Å²) in [6.45, 7) is 2.41. The predicted octanol–water partition coefficient (Wildman–Crippen LogP) is 4.54. The van der Waals surface area contributed by atoms with Gasteiger partial charge >= 0.3 is 6.03 Å². The van der Waals surface area contributed by atoms with E-state index in [9.17, 15) is 19.2 Å². The molecule has 6 rings (SSSR count). The molecule has 3 aliphatic rings. The molecule has 3 heterocycles. The van der Waals surface area contributed by atoms with E-state index in [2.05, 4.69) is 27.7 Å². The molecule has 0 atom stereocenters. The molecule has 40 heavy (non-hydrogen) atoms. The molecule has 3 aromatic rings. The predicted molar refractivity (Wildman–Crippen MR) is 151 cm³/mol. The van der Waals surface area contributed by atoms with Crippen LogP contribution in [0, 0.1) is 0 Å². The van der Waals surface area contributed by atoms with Crippen molar-refractivity contribution in [3.05, 3.63) is 88.4 Å². The monoisotopic (exact) mass is 557 g/mol. The number of likely N-dealkylation sites (tertiary alicyclic amines) is 1. The molecule has 0 radical (unpaired) electrons. The summed E-state index contributed by atoms with van der Waals surface area (Å²) in [6.07, 6.45) is 1.96. The summed E-state index contributed by atoms with van der Waals surface area (Å²) >= 11 is 6.08. The molecule has 204 valence electrons. The Morgan fingerprint density at radius 3 is 2.30 bits per heavy atom. The molecule has 5 amide bonds. The molecule has 10 heteroatoms. The molecule has 3 aromatic carbocycles. The second-order valence-corrected chi connectivity index (χ2v) is 10.7. The van der Waals surface area contributed by atoms with Gasteiger partial charge in [0, 0.05) is 48.4 Å². The number of hydrazine groups is 1. The molecule has 2 N–H and O–H groups in total. The third kappa shape index (κ3) is 5.05. The maximum Gasteiger partial charge on any atom is 0.343 e. The highest BCUT2D eigenvalue weighted by atomic mass is 35.5. The third-order valence-corrected chi connectivity index (χ3v) is 7.89. The molecule has 0 saturated carbocycles. The summed E-state index contributed by atoms with van der Waals surface area (Å²) in [5, 5.41) is 8.45. The summed E-state index contributed by atoms with van der Waals surface area (Å²) in [6, 6.07) is 21.0. The number of carbonyl (C=O) groups excluding carboxylic acids is 4. The maximum absolute atomic E-state index is 13.1. The highest BCUT2D eigenvalue weighted by Gasteiger charge is 2.43. The minimum atomic E-state index is -0.766. The number of benzene rings is 3. The van der Waals surface area contributed by atoms with E-state index in [1.807, 2.05) is 42.5 Å². The normalized spacial score (nSPS) is 18.2. The lowest BCUT2D eigenvalue weighted by Gasteiger charge is -2.33. The number of piperidine rings is 1. The van der Waals surface area contributed by atoms with Crippen molar-refractivity contribution in [1.29, 1.82) is 0 Å². The third-order valence-electron chi connectivity index (χ3n) is 7.64. The fourth-order valence-electron chi connectivity index (χ4n) is 5.54. The number of imide groups is 2. The molecule has 0 spiro atoms. The first kappa shape index (κ1) is 26.0. The SMILES string of the molecule is O=C1CCN(N2C(=O)c3ccc(CN4CCC(Nc5ccccc5-c5ccc(Cl)cc5)CC4)cc3C2=O)C(=O)N1. The Labute approximate surface area is 236 Å². The Morgan fingerprint density at radius 2 is 1.55 bits per heavy atom. The zero-order valence-electron chi connectivity index (χ0n) is 21.7. The van der Waals surface area contributed by atoms with E-state index in [1.54, 1.807) is 12.1 Å². The van der Waals surface area contributed by atoms with Crippen molar-refractivity contribution in [2.45, 2.75) is 31.8 Å². The van der Waals surface area contributed by atoms with E-state index >= 15 is 0 Å². The van der Waals surface area contributed by atoms with E-state index in [0.29, 0.717) is 17.6 Å². The Morgan fingerprint density at radius 1 is 0.825 bits per heavy atom. The first-order chi connectivity index (χ1) is 19.4. The summed E-state index contributed by atoms with van der Waals surface area (Å²) in [5.74, 6) is -1.53. The average Bonchev–Trinajstić information content (AvgIpc) is 3.19. The van der Waals surface area contributed by atoms with Crippen molar-refractivity contribution < 1.29 is 19.2 Å².